The zero-order valence-electron chi connectivity index (χ0n) is 23.3. The molecular weight excluding hydrogens is 510 g/mol. The van der Waals surface area contributed by atoms with E-state index in [1.165, 1.54) is 0 Å². The third kappa shape index (κ3) is 5.93. The molecule has 9 nitrogen and oxygen atoms in total. The van der Waals surface area contributed by atoms with Crippen molar-refractivity contribution in [1.29, 1.82) is 0 Å². The molecule has 1 atom stereocenters. The second-order valence-corrected chi connectivity index (χ2v) is 10.7. The van der Waals surface area contributed by atoms with E-state index >= 15 is 0 Å². The van der Waals surface area contributed by atoms with E-state index in [1.807, 2.05) is 55.3 Å². The van der Waals surface area contributed by atoms with Gasteiger partial charge in [-0.25, -0.2) is 0 Å². The van der Waals surface area contributed by atoms with Crippen LogP contribution in [-0.4, -0.2) is 57.0 Å². The van der Waals surface area contributed by atoms with Crippen LogP contribution in [0.4, 0.5) is 11.4 Å². The molecule has 40 heavy (non-hydrogen) atoms. The van der Waals surface area contributed by atoms with Crippen LogP contribution in [0.15, 0.2) is 59.6 Å². The molecule has 9 heteroatoms. The maximum atomic E-state index is 13.1. The average Bonchev–Trinajstić information content (AvgIpc) is 3.39. The maximum absolute atomic E-state index is 13.1. The van der Waals surface area contributed by atoms with Crippen molar-refractivity contribution in [2.45, 2.75) is 32.7 Å². The van der Waals surface area contributed by atoms with E-state index in [-0.39, 0.29) is 17.4 Å². The smallest absolute Gasteiger partial charge is 0.256 e. The largest absolute Gasteiger partial charge is 0.497 e. The number of rotatable bonds is 10. The Hall–Kier alpha value is -4.40. The van der Waals surface area contributed by atoms with Crippen molar-refractivity contribution in [3.05, 3.63) is 60.2 Å². The van der Waals surface area contributed by atoms with Crippen LogP contribution in [0.1, 0.15) is 37.0 Å². The van der Waals surface area contributed by atoms with Crippen molar-refractivity contribution in [2.24, 2.45) is 10.4 Å². The number of nitrogens with zero attached hydrogens (tertiary/aromatic N) is 2. The van der Waals surface area contributed by atoms with Crippen LogP contribution in [-0.2, 0) is 0 Å². The highest BCUT2D eigenvalue weighted by molar-refractivity contribution is 6.03. The minimum absolute atomic E-state index is 0.0209. The van der Waals surface area contributed by atoms with Gasteiger partial charge in [0.15, 0.2) is 17.2 Å². The lowest BCUT2D eigenvalue weighted by Crippen LogP contribution is -2.35. The number of nitrogen functional groups attached to an aromatic ring is 1. The number of methoxy groups -OCH3 is 2. The Balaban J connectivity index is 1.24. The standard InChI is InChI=1S/C31H35N3O6/c1-31(2,18-38-23-11-12-25(32)27(14-23)40-22-9-7-21(36-3)8-10-22)19-39-29-16-26-24(15-28(29)37-4)30(35)34-13-5-6-20(34)17-33-26/h7-12,14-17,20H,5-6,13,18-19,32H2,1-4H3. The Morgan fingerprint density at radius 2 is 1.62 bits per heavy atom. The van der Waals surface area contributed by atoms with Crippen LogP contribution in [0, 0.1) is 5.41 Å². The molecule has 0 radical (unpaired) electrons. The molecule has 0 bridgehead atoms. The van der Waals surface area contributed by atoms with Crippen molar-refractivity contribution in [1.82, 2.24) is 4.90 Å². The van der Waals surface area contributed by atoms with Gasteiger partial charge in [-0.05, 0) is 55.3 Å². The van der Waals surface area contributed by atoms with Crippen LogP contribution >= 0.6 is 0 Å². The highest BCUT2D eigenvalue weighted by Crippen LogP contribution is 2.39. The van der Waals surface area contributed by atoms with Crippen LogP contribution < -0.4 is 29.4 Å². The Kier molecular flexibility index (Phi) is 7.73. The van der Waals surface area contributed by atoms with E-state index in [9.17, 15) is 4.79 Å². The first-order valence-electron chi connectivity index (χ1n) is 13.3. The normalized spacial score (nSPS) is 16.1. The van der Waals surface area contributed by atoms with Gasteiger partial charge in [0.05, 0.1) is 50.4 Å². The van der Waals surface area contributed by atoms with E-state index in [4.69, 9.17) is 29.4 Å². The number of anilines is 1. The number of hydrogen-bond acceptors (Lipinski definition) is 8. The maximum Gasteiger partial charge on any atom is 0.256 e. The number of aliphatic imine (C=N–C) groups is 1. The topological polar surface area (TPSA) is 105 Å². The number of benzene rings is 3. The second kappa shape index (κ2) is 11.4. The molecule has 0 spiro atoms. The predicted molar refractivity (Wildman–Crippen MR) is 154 cm³/mol. The number of nitrogens with two attached hydrogens (primary N) is 1. The molecule has 1 saturated heterocycles. The van der Waals surface area contributed by atoms with Gasteiger partial charge in [0.25, 0.3) is 5.91 Å². The molecule has 0 saturated carbocycles. The number of ether oxygens (including phenoxy) is 5. The lowest BCUT2D eigenvalue weighted by atomic mass is 9.96. The molecule has 0 aromatic heterocycles. The van der Waals surface area contributed by atoms with E-state index in [2.05, 4.69) is 4.99 Å². The highest BCUT2D eigenvalue weighted by Gasteiger charge is 2.33. The molecule has 1 amide bonds. The molecule has 1 unspecified atom stereocenters. The molecule has 2 heterocycles. The van der Waals surface area contributed by atoms with Gasteiger partial charge in [0, 0.05) is 30.3 Å². The van der Waals surface area contributed by atoms with Crippen molar-refractivity contribution >= 4 is 23.5 Å². The van der Waals surface area contributed by atoms with Crippen molar-refractivity contribution < 1.29 is 28.5 Å². The fraction of sp³-hybridized carbons (Fsp3) is 0.355. The summed E-state index contributed by atoms with van der Waals surface area (Å²) in [7, 11) is 3.18. The Bertz CT molecular complexity index is 1400. The fourth-order valence-electron chi connectivity index (χ4n) is 4.68. The Labute approximate surface area is 234 Å². The molecule has 3 aromatic rings. The monoisotopic (exact) mass is 545 g/mol. The Morgan fingerprint density at radius 3 is 2.38 bits per heavy atom. The first kappa shape index (κ1) is 27.2. The molecule has 1 fully saturated rings. The Morgan fingerprint density at radius 1 is 0.900 bits per heavy atom. The van der Waals surface area contributed by atoms with Gasteiger partial charge in [-0.1, -0.05) is 13.8 Å². The van der Waals surface area contributed by atoms with Crippen molar-refractivity contribution in [3.8, 4) is 34.5 Å². The van der Waals surface area contributed by atoms with Gasteiger partial charge < -0.3 is 34.3 Å². The lowest BCUT2D eigenvalue weighted by Gasteiger charge is -2.26. The first-order valence-corrected chi connectivity index (χ1v) is 13.3. The first-order chi connectivity index (χ1) is 19.3. The lowest BCUT2D eigenvalue weighted by molar-refractivity contribution is 0.0774. The molecular formula is C31H35N3O6. The summed E-state index contributed by atoms with van der Waals surface area (Å²) < 4.78 is 29.0. The number of carbonyl (C=O) groups excluding carboxylic acids is 1. The fourth-order valence-corrected chi connectivity index (χ4v) is 4.68. The van der Waals surface area contributed by atoms with E-state index < -0.39 is 0 Å². The van der Waals surface area contributed by atoms with Crippen LogP contribution in [0.5, 0.6) is 34.5 Å². The van der Waals surface area contributed by atoms with Gasteiger partial charge in [-0.2, -0.15) is 0 Å². The SMILES string of the molecule is COc1ccc(Oc2cc(OCC(C)(C)COc3cc4c(cc3OC)C(=O)N3CCCC3C=N4)ccc2N)cc1. The van der Waals surface area contributed by atoms with E-state index in [1.54, 1.807) is 38.5 Å². The molecule has 210 valence electrons. The molecule has 5 rings (SSSR count). The van der Waals surface area contributed by atoms with Gasteiger partial charge in [-0.3, -0.25) is 9.79 Å². The molecule has 0 aliphatic carbocycles. The minimum atomic E-state index is -0.363. The summed E-state index contributed by atoms with van der Waals surface area (Å²) in [6.45, 7) is 5.56. The van der Waals surface area contributed by atoms with Crippen LogP contribution in [0.25, 0.3) is 0 Å². The molecule has 2 aliphatic heterocycles. The third-order valence-electron chi connectivity index (χ3n) is 6.98. The third-order valence-corrected chi connectivity index (χ3v) is 6.98. The number of amides is 1. The zero-order chi connectivity index (χ0) is 28.3. The van der Waals surface area contributed by atoms with Gasteiger partial charge >= 0.3 is 0 Å². The number of fused-ring (bicyclic) bond motifs is 2. The van der Waals surface area contributed by atoms with Gasteiger partial charge in [0.1, 0.15) is 17.2 Å². The number of carbonyl (C=O) groups is 1. The summed E-state index contributed by atoms with van der Waals surface area (Å²) in [4.78, 5) is 19.6. The van der Waals surface area contributed by atoms with E-state index in [0.29, 0.717) is 58.9 Å². The minimum Gasteiger partial charge on any atom is -0.497 e. The summed E-state index contributed by atoms with van der Waals surface area (Å²) in [5.41, 5.74) is 7.40. The van der Waals surface area contributed by atoms with Crippen molar-refractivity contribution in [3.63, 3.8) is 0 Å². The number of hydrogen-bond donors (Lipinski definition) is 1. The predicted octanol–water partition coefficient (Wildman–Crippen LogP) is 5.88. The average molecular weight is 546 g/mol. The van der Waals surface area contributed by atoms with Crippen molar-refractivity contribution in [2.75, 3.05) is 39.7 Å². The summed E-state index contributed by atoms with van der Waals surface area (Å²) in [6.07, 6.45) is 3.78. The molecule has 2 N–H and O–H groups in total. The van der Waals surface area contributed by atoms with Gasteiger partial charge in [0.2, 0.25) is 0 Å². The molecule has 2 aliphatic rings. The summed E-state index contributed by atoms with van der Waals surface area (Å²) >= 11 is 0. The van der Waals surface area contributed by atoms with Crippen LogP contribution in [0.3, 0.4) is 0 Å². The van der Waals surface area contributed by atoms with E-state index in [0.717, 1.165) is 25.1 Å². The zero-order valence-corrected chi connectivity index (χ0v) is 23.3. The summed E-state index contributed by atoms with van der Waals surface area (Å²) in [6, 6.07) is 16.2. The second-order valence-electron chi connectivity index (χ2n) is 10.7. The molecule has 3 aromatic carbocycles. The quantitative estimate of drug-likeness (QED) is 0.317. The van der Waals surface area contributed by atoms with Gasteiger partial charge in [-0.15, -0.1) is 0 Å². The summed E-state index contributed by atoms with van der Waals surface area (Å²) in [5, 5.41) is 0. The highest BCUT2D eigenvalue weighted by atomic mass is 16.5. The summed E-state index contributed by atoms with van der Waals surface area (Å²) in [5.74, 6) is 3.52. The van der Waals surface area contributed by atoms with Crippen LogP contribution in [0.2, 0.25) is 0 Å².